The Morgan fingerprint density at radius 2 is 1.80 bits per heavy atom. The molecule has 134 valence electrons. The number of piperazine rings is 1. The molecule has 1 aromatic carbocycles. The first-order valence-electron chi connectivity index (χ1n) is 8.95. The summed E-state index contributed by atoms with van der Waals surface area (Å²) in [5.74, 6) is 0.263. The molecule has 1 aliphatic heterocycles. The molecule has 2 aromatic rings. The number of rotatable bonds is 4. The van der Waals surface area contributed by atoms with Gasteiger partial charge in [-0.25, -0.2) is 4.98 Å². The maximum Gasteiger partial charge on any atom is 0.223 e. The van der Waals surface area contributed by atoms with E-state index in [4.69, 9.17) is 0 Å². The zero-order valence-corrected chi connectivity index (χ0v) is 16.2. The monoisotopic (exact) mass is 357 g/mol. The summed E-state index contributed by atoms with van der Waals surface area (Å²) in [5.41, 5.74) is 2.74. The van der Waals surface area contributed by atoms with E-state index in [0.29, 0.717) is 6.42 Å². The first-order valence-corrected chi connectivity index (χ1v) is 9.83. The van der Waals surface area contributed by atoms with E-state index in [-0.39, 0.29) is 11.3 Å². The number of carbonyl (C=O) groups excluding carboxylic acids is 1. The van der Waals surface area contributed by atoms with Gasteiger partial charge in [0.1, 0.15) is 0 Å². The molecule has 0 bridgehead atoms. The lowest BCUT2D eigenvalue weighted by Gasteiger charge is -2.34. The van der Waals surface area contributed by atoms with Gasteiger partial charge < -0.3 is 9.80 Å². The van der Waals surface area contributed by atoms with Crippen molar-refractivity contribution in [3.63, 3.8) is 0 Å². The van der Waals surface area contributed by atoms with Crippen LogP contribution in [0.1, 0.15) is 38.3 Å². The Labute approximate surface area is 154 Å². The zero-order chi connectivity index (χ0) is 17.9. The van der Waals surface area contributed by atoms with E-state index >= 15 is 0 Å². The SMILES string of the molecule is CC(C)(C)c1ccc(CCC(=O)N2CCN(c3nccs3)CC2)cc1. The summed E-state index contributed by atoms with van der Waals surface area (Å²) >= 11 is 1.66. The predicted octanol–water partition coefficient (Wildman–Crippen LogP) is 3.72. The molecule has 4 nitrogen and oxygen atoms in total. The largest absolute Gasteiger partial charge is 0.345 e. The molecule has 5 heteroatoms. The molecule has 3 rings (SSSR count). The van der Waals surface area contributed by atoms with Gasteiger partial charge in [0.25, 0.3) is 0 Å². The van der Waals surface area contributed by atoms with Crippen LogP contribution in [-0.2, 0) is 16.6 Å². The summed E-state index contributed by atoms with van der Waals surface area (Å²) in [5, 5.41) is 3.06. The number of hydrogen-bond donors (Lipinski definition) is 0. The molecule has 0 aliphatic carbocycles. The third-order valence-corrected chi connectivity index (χ3v) is 5.60. The predicted molar refractivity (Wildman–Crippen MR) is 104 cm³/mol. The van der Waals surface area contributed by atoms with Crippen LogP contribution in [0.25, 0.3) is 0 Å². The van der Waals surface area contributed by atoms with Gasteiger partial charge >= 0.3 is 0 Å². The van der Waals surface area contributed by atoms with Crippen molar-refractivity contribution >= 4 is 22.4 Å². The number of aryl methyl sites for hydroxylation is 1. The molecule has 0 saturated carbocycles. The van der Waals surface area contributed by atoms with Crippen LogP contribution in [0, 0.1) is 0 Å². The molecule has 0 unspecified atom stereocenters. The Balaban J connectivity index is 1.47. The minimum absolute atomic E-state index is 0.172. The molecule has 0 N–H and O–H groups in total. The van der Waals surface area contributed by atoms with Crippen molar-refractivity contribution in [1.82, 2.24) is 9.88 Å². The maximum atomic E-state index is 12.5. The van der Waals surface area contributed by atoms with Crippen molar-refractivity contribution in [3.05, 3.63) is 47.0 Å². The van der Waals surface area contributed by atoms with Crippen molar-refractivity contribution in [2.45, 2.75) is 39.0 Å². The summed E-state index contributed by atoms with van der Waals surface area (Å²) in [6.07, 6.45) is 3.24. The smallest absolute Gasteiger partial charge is 0.223 e. The summed E-state index contributed by atoms with van der Waals surface area (Å²) in [6, 6.07) is 8.70. The number of nitrogens with zero attached hydrogens (tertiary/aromatic N) is 3. The van der Waals surface area contributed by atoms with Crippen LogP contribution >= 0.6 is 11.3 Å². The van der Waals surface area contributed by atoms with Gasteiger partial charge in [0.2, 0.25) is 5.91 Å². The van der Waals surface area contributed by atoms with E-state index in [1.807, 2.05) is 16.5 Å². The molecular formula is C20H27N3OS. The van der Waals surface area contributed by atoms with E-state index < -0.39 is 0 Å². The fourth-order valence-corrected chi connectivity index (χ4v) is 3.80. The minimum atomic E-state index is 0.172. The van der Waals surface area contributed by atoms with Crippen LogP contribution in [0.5, 0.6) is 0 Å². The topological polar surface area (TPSA) is 36.4 Å². The van der Waals surface area contributed by atoms with Crippen LogP contribution < -0.4 is 4.90 Å². The maximum absolute atomic E-state index is 12.5. The molecule has 0 atom stereocenters. The highest BCUT2D eigenvalue weighted by Gasteiger charge is 2.22. The van der Waals surface area contributed by atoms with E-state index in [1.165, 1.54) is 11.1 Å². The highest BCUT2D eigenvalue weighted by atomic mass is 32.1. The molecule has 2 heterocycles. The highest BCUT2D eigenvalue weighted by molar-refractivity contribution is 7.13. The van der Waals surface area contributed by atoms with E-state index in [2.05, 4.69) is 54.9 Å². The van der Waals surface area contributed by atoms with Crippen molar-refractivity contribution in [2.24, 2.45) is 0 Å². The summed E-state index contributed by atoms with van der Waals surface area (Å²) in [4.78, 5) is 21.1. The van der Waals surface area contributed by atoms with Gasteiger partial charge in [0, 0.05) is 44.2 Å². The van der Waals surface area contributed by atoms with Crippen LogP contribution in [0.2, 0.25) is 0 Å². The quantitative estimate of drug-likeness (QED) is 0.837. The fraction of sp³-hybridized carbons (Fsp3) is 0.500. The standard InChI is InChI=1S/C20H27N3OS/c1-20(2,3)17-7-4-16(5-8-17)6-9-18(24)22-11-13-23(14-12-22)19-21-10-15-25-19/h4-5,7-8,10,15H,6,9,11-14H2,1-3H3. The van der Waals surface area contributed by atoms with E-state index in [9.17, 15) is 4.79 Å². The normalized spacial score (nSPS) is 15.5. The number of benzene rings is 1. The van der Waals surface area contributed by atoms with Gasteiger partial charge in [-0.1, -0.05) is 45.0 Å². The number of thiazole rings is 1. The minimum Gasteiger partial charge on any atom is -0.345 e. The van der Waals surface area contributed by atoms with E-state index in [1.54, 1.807) is 11.3 Å². The second-order valence-electron chi connectivity index (χ2n) is 7.63. The lowest BCUT2D eigenvalue weighted by molar-refractivity contribution is -0.131. The highest BCUT2D eigenvalue weighted by Crippen LogP contribution is 2.23. The van der Waals surface area contributed by atoms with Crippen molar-refractivity contribution in [3.8, 4) is 0 Å². The lowest BCUT2D eigenvalue weighted by Crippen LogP contribution is -2.48. The Kier molecular flexibility index (Phi) is 5.42. The second-order valence-corrected chi connectivity index (χ2v) is 8.50. The van der Waals surface area contributed by atoms with Gasteiger partial charge in [-0.2, -0.15) is 0 Å². The first kappa shape index (κ1) is 17.9. The van der Waals surface area contributed by atoms with Gasteiger partial charge in [0.15, 0.2) is 5.13 Å². The van der Waals surface area contributed by atoms with Crippen LogP contribution in [0.3, 0.4) is 0 Å². The van der Waals surface area contributed by atoms with Crippen LogP contribution in [0.4, 0.5) is 5.13 Å². The Hall–Kier alpha value is -1.88. The Morgan fingerprint density at radius 1 is 1.12 bits per heavy atom. The third kappa shape index (κ3) is 4.60. The van der Waals surface area contributed by atoms with Crippen molar-refractivity contribution in [1.29, 1.82) is 0 Å². The first-order chi connectivity index (χ1) is 11.9. The zero-order valence-electron chi connectivity index (χ0n) is 15.4. The van der Waals surface area contributed by atoms with Gasteiger partial charge in [-0.3, -0.25) is 4.79 Å². The van der Waals surface area contributed by atoms with Gasteiger partial charge in [0.05, 0.1) is 0 Å². The third-order valence-electron chi connectivity index (χ3n) is 4.77. The van der Waals surface area contributed by atoms with Gasteiger partial charge in [-0.15, -0.1) is 11.3 Å². The summed E-state index contributed by atoms with van der Waals surface area (Å²) < 4.78 is 0. The molecule has 1 amide bonds. The number of hydrogen-bond acceptors (Lipinski definition) is 4. The number of carbonyl (C=O) groups is 1. The summed E-state index contributed by atoms with van der Waals surface area (Å²) in [6.45, 7) is 9.99. The number of aromatic nitrogens is 1. The summed E-state index contributed by atoms with van der Waals surface area (Å²) in [7, 11) is 0. The van der Waals surface area contributed by atoms with Crippen LogP contribution in [-0.4, -0.2) is 42.0 Å². The van der Waals surface area contributed by atoms with Crippen molar-refractivity contribution in [2.75, 3.05) is 31.1 Å². The number of amides is 1. The molecule has 1 aromatic heterocycles. The van der Waals surface area contributed by atoms with Crippen molar-refractivity contribution < 1.29 is 4.79 Å². The van der Waals surface area contributed by atoms with E-state index in [0.717, 1.165) is 37.7 Å². The number of anilines is 1. The Bertz CT molecular complexity index is 681. The average molecular weight is 358 g/mol. The molecule has 1 aliphatic rings. The average Bonchev–Trinajstić information content (AvgIpc) is 3.14. The lowest BCUT2D eigenvalue weighted by atomic mass is 9.86. The molecule has 0 radical (unpaired) electrons. The molecule has 25 heavy (non-hydrogen) atoms. The van der Waals surface area contributed by atoms with Crippen LogP contribution in [0.15, 0.2) is 35.8 Å². The Morgan fingerprint density at radius 3 is 2.36 bits per heavy atom. The van der Waals surface area contributed by atoms with Gasteiger partial charge in [-0.05, 0) is 23.0 Å². The molecular weight excluding hydrogens is 330 g/mol. The second kappa shape index (κ2) is 7.56. The fourth-order valence-electron chi connectivity index (χ4n) is 3.10. The molecule has 1 saturated heterocycles. The molecule has 0 spiro atoms. The molecule has 1 fully saturated rings.